The third-order valence-corrected chi connectivity index (χ3v) is 3.36. The number of furan rings is 1. The van der Waals surface area contributed by atoms with E-state index < -0.39 is 17.8 Å². The SMILES string of the molecule is COc1ccc(/C=C(/NC(=O)c2ccco2)C(=O)NCCOC(C)=O)cc1. The molecule has 0 radical (unpaired) electrons. The van der Waals surface area contributed by atoms with Crippen molar-refractivity contribution in [2.45, 2.75) is 6.92 Å². The second kappa shape index (κ2) is 9.81. The molecule has 8 heteroatoms. The van der Waals surface area contributed by atoms with Crippen LogP contribution < -0.4 is 15.4 Å². The zero-order valence-corrected chi connectivity index (χ0v) is 15.0. The first-order chi connectivity index (χ1) is 13.0. The van der Waals surface area contributed by atoms with E-state index >= 15 is 0 Å². The highest BCUT2D eigenvalue weighted by atomic mass is 16.5. The number of benzene rings is 1. The van der Waals surface area contributed by atoms with Gasteiger partial charge in [-0.1, -0.05) is 12.1 Å². The number of rotatable bonds is 8. The van der Waals surface area contributed by atoms with Gasteiger partial charge in [0.1, 0.15) is 18.1 Å². The molecule has 0 spiro atoms. The Kier molecular flexibility index (Phi) is 7.18. The minimum absolute atomic E-state index is 0.0180. The summed E-state index contributed by atoms with van der Waals surface area (Å²) in [4.78, 5) is 35.4. The Morgan fingerprint density at radius 3 is 2.48 bits per heavy atom. The minimum atomic E-state index is -0.560. The maximum atomic E-state index is 12.4. The fraction of sp³-hybridized carbons (Fsp3) is 0.211. The van der Waals surface area contributed by atoms with E-state index in [-0.39, 0.29) is 24.6 Å². The second-order valence-corrected chi connectivity index (χ2v) is 5.36. The zero-order valence-electron chi connectivity index (χ0n) is 15.0. The number of amides is 2. The van der Waals surface area contributed by atoms with Crippen LogP contribution >= 0.6 is 0 Å². The Morgan fingerprint density at radius 2 is 1.89 bits per heavy atom. The van der Waals surface area contributed by atoms with Crippen LogP contribution in [0, 0.1) is 0 Å². The molecular weight excluding hydrogens is 352 g/mol. The van der Waals surface area contributed by atoms with Crippen molar-refractivity contribution in [1.29, 1.82) is 0 Å². The van der Waals surface area contributed by atoms with Crippen LogP contribution in [0.1, 0.15) is 23.0 Å². The Hall–Kier alpha value is -3.55. The van der Waals surface area contributed by atoms with Crippen LogP contribution in [-0.2, 0) is 14.3 Å². The summed E-state index contributed by atoms with van der Waals surface area (Å²) in [6, 6.07) is 10.0. The van der Waals surface area contributed by atoms with E-state index in [1.807, 2.05) is 0 Å². The van der Waals surface area contributed by atoms with Crippen LogP contribution in [-0.4, -0.2) is 38.0 Å². The Labute approximate surface area is 156 Å². The van der Waals surface area contributed by atoms with Gasteiger partial charge in [0.15, 0.2) is 5.76 Å². The maximum Gasteiger partial charge on any atom is 0.302 e. The molecule has 0 atom stereocenters. The molecule has 0 saturated heterocycles. The molecule has 27 heavy (non-hydrogen) atoms. The van der Waals surface area contributed by atoms with Crippen molar-refractivity contribution in [2.24, 2.45) is 0 Å². The highest BCUT2D eigenvalue weighted by Gasteiger charge is 2.16. The molecule has 1 aromatic heterocycles. The van der Waals surface area contributed by atoms with Gasteiger partial charge in [0.25, 0.3) is 11.8 Å². The van der Waals surface area contributed by atoms with Gasteiger partial charge in [-0.15, -0.1) is 0 Å². The van der Waals surface area contributed by atoms with E-state index in [1.54, 1.807) is 37.4 Å². The normalized spacial score (nSPS) is 10.8. The van der Waals surface area contributed by atoms with Crippen LogP contribution in [0.2, 0.25) is 0 Å². The topological polar surface area (TPSA) is 107 Å². The monoisotopic (exact) mass is 372 g/mol. The van der Waals surface area contributed by atoms with Gasteiger partial charge in [0, 0.05) is 6.92 Å². The lowest BCUT2D eigenvalue weighted by Crippen LogP contribution is -2.36. The van der Waals surface area contributed by atoms with Gasteiger partial charge in [0.05, 0.1) is 19.9 Å². The molecule has 2 N–H and O–H groups in total. The van der Waals surface area contributed by atoms with Gasteiger partial charge in [-0.05, 0) is 35.9 Å². The quantitative estimate of drug-likeness (QED) is 0.415. The molecule has 1 aromatic carbocycles. The van der Waals surface area contributed by atoms with Crippen molar-refractivity contribution >= 4 is 23.9 Å². The molecule has 142 valence electrons. The third-order valence-electron chi connectivity index (χ3n) is 3.36. The van der Waals surface area contributed by atoms with Crippen molar-refractivity contribution in [2.75, 3.05) is 20.3 Å². The number of methoxy groups -OCH3 is 1. The van der Waals surface area contributed by atoms with Gasteiger partial charge >= 0.3 is 5.97 Å². The summed E-state index contributed by atoms with van der Waals surface area (Å²) in [5.74, 6) is -0.792. The predicted octanol–water partition coefficient (Wildman–Crippen LogP) is 1.74. The van der Waals surface area contributed by atoms with Crippen LogP contribution in [0.3, 0.4) is 0 Å². The number of hydrogen-bond acceptors (Lipinski definition) is 6. The van der Waals surface area contributed by atoms with Gasteiger partial charge in [-0.25, -0.2) is 0 Å². The molecule has 0 saturated carbocycles. The number of nitrogens with one attached hydrogen (secondary N) is 2. The number of hydrogen-bond donors (Lipinski definition) is 2. The predicted molar refractivity (Wildman–Crippen MR) is 96.8 cm³/mol. The Morgan fingerprint density at radius 1 is 1.15 bits per heavy atom. The molecule has 0 bridgehead atoms. The van der Waals surface area contributed by atoms with Crippen molar-refractivity contribution in [3.05, 3.63) is 59.7 Å². The molecule has 1 heterocycles. The molecule has 2 rings (SSSR count). The number of esters is 1. The average Bonchev–Trinajstić information content (AvgIpc) is 3.20. The summed E-state index contributed by atoms with van der Waals surface area (Å²) in [6.07, 6.45) is 2.88. The standard InChI is InChI=1S/C19H20N2O6/c1-13(22)26-11-9-20-18(23)16(21-19(24)17-4-3-10-27-17)12-14-5-7-15(25-2)8-6-14/h3-8,10,12H,9,11H2,1-2H3,(H,20,23)(H,21,24)/b16-12+. The summed E-state index contributed by atoms with van der Waals surface area (Å²) < 4.78 is 14.9. The van der Waals surface area contributed by atoms with E-state index in [2.05, 4.69) is 10.6 Å². The van der Waals surface area contributed by atoms with E-state index in [9.17, 15) is 14.4 Å². The zero-order chi connectivity index (χ0) is 19.6. The largest absolute Gasteiger partial charge is 0.497 e. The number of carbonyl (C=O) groups is 3. The van der Waals surface area contributed by atoms with E-state index in [1.165, 1.54) is 25.3 Å². The van der Waals surface area contributed by atoms with E-state index in [0.29, 0.717) is 11.3 Å². The summed E-state index contributed by atoms with van der Waals surface area (Å²) in [5.41, 5.74) is 0.699. The van der Waals surface area contributed by atoms with Crippen LogP contribution in [0.5, 0.6) is 5.75 Å². The Balaban J connectivity index is 2.13. The molecule has 0 aliphatic heterocycles. The summed E-state index contributed by atoms with van der Waals surface area (Å²) in [5, 5.41) is 5.10. The molecule has 0 aliphatic carbocycles. The van der Waals surface area contributed by atoms with Crippen molar-refractivity contribution in [1.82, 2.24) is 10.6 Å². The first-order valence-electron chi connectivity index (χ1n) is 8.11. The minimum Gasteiger partial charge on any atom is -0.497 e. The Bertz CT molecular complexity index is 809. The lowest BCUT2D eigenvalue weighted by atomic mass is 10.1. The number of carbonyl (C=O) groups excluding carboxylic acids is 3. The van der Waals surface area contributed by atoms with Gasteiger partial charge in [-0.2, -0.15) is 0 Å². The molecule has 8 nitrogen and oxygen atoms in total. The van der Waals surface area contributed by atoms with Gasteiger partial charge < -0.3 is 24.5 Å². The van der Waals surface area contributed by atoms with E-state index in [0.717, 1.165) is 0 Å². The summed E-state index contributed by atoms with van der Waals surface area (Å²) in [6.45, 7) is 1.42. The second-order valence-electron chi connectivity index (χ2n) is 5.36. The average molecular weight is 372 g/mol. The molecule has 0 fully saturated rings. The van der Waals surface area contributed by atoms with Crippen LogP contribution in [0.4, 0.5) is 0 Å². The smallest absolute Gasteiger partial charge is 0.302 e. The molecular formula is C19H20N2O6. The summed E-state index contributed by atoms with van der Waals surface area (Å²) in [7, 11) is 1.55. The number of ether oxygens (including phenoxy) is 2. The molecule has 0 unspecified atom stereocenters. The first kappa shape index (κ1) is 19.8. The maximum absolute atomic E-state index is 12.4. The van der Waals surface area contributed by atoms with Crippen molar-refractivity contribution in [3.63, 3.8) is 0 Å². The fourth-order valence-corrected chi connectivity index (χ4v) is 2.07. The van der Waals surface area contributed by atoms with Gasteiger partial charge in [-0.3, -0.25) is 14.4 Å². The lowest BCUT2D eigenvalue weighted by molar-refractivity contribution is -0.141. The first-order valence-corrected chi connectivity index (χ1v) is 8.11. The summed E-state index contributed by atoms with van der Waals surface area (Å²) >= 11 is 0. The van der Waals surface area contributed by atoms with Crippen LogP contribution in [0.25, 0.3) is 6.08 Å². The van der Waals surface area contributed by atoms with Crippen LogP contribution in [0.15, 0.2) is 52.8 Å². The molecule has 2 amide bonds. The lowest BCUT2D eigenvalue weighted by Gasteiger charge is -2.10. The molecule has 2 aromatic rings. The fourth-order valence-electron chi connectivity index (χ4n) is 2.07. The van der Waals surface area contributed by atoms with Crippen molar-refractivity contribution < 1.29 is 28.3 Å². The van der Waals surface area contributed by atoms with E-state index in [4.69, 9.17) is 13.9 Å². The highest BCUT2D eigenvalue weighted by molar-refractivity contribution is 6.04. The van der Waals surface area contributed by atoms with Crippen molar-refractivity contribution in [3.8, 4) is 5.75 Å². The highest BCUT2D eigenvalue weighted by Crippen LogP contribution is 2.14. The molecule has 0 aliphatic rings. The third kappa shape index (κ3) is 6.35. The van der Waals surface area contributed by atoms with Gasteiger partial charge in [0.2, 0.25) is 0 Å².